The smallest absolute Gasteiger partial charge is 0.254 e. The van der Waals surface area contributed by atoms with Crippen molar-refractivity contribution in [3.8, 4) is 0 Å². The quantitative estimate of drug-likeness (QED) is 0.846. The standard InChI is InChI=1S/C12H17NO3S2/c1-9(2)8-18(15,16)11-5-13(6-11)12(14)10-3-4-17-7-10/h3-4,7,9,11H,5-6,8H2,1-2H3. The predicted molar refractivity (Wildman–Crippen MR) is 72.6 cm³/mol. The van der Waals surface area contributed by atoms with Crippen LogP contribution in [0.1, 0.15) is 24.2 Å². The summed E-state index contributed by atoms with van der Waals surface area (Å²) in [5.41, 5.74) is 0.653. The lowest BCUT2D eigenvalue weighted by Crippen LogP contribution is -2.57. The van der Waals surface area contributed by atoms with Gasteiger partial charge in [-0.25, -0.2) is 8.42 Å². The van der Waals surface area contributed by atoms with E-state index in [4.69, 9.17) is 0 Å². The Morgan fingerprint density at radius 1 is 1.50 bits per heavy atom. The molecule has 0 N–H and O–H groups in total. The second-order valence-corrected chi connectivity index (χ2v) is 8.17. The summed E-state index contributed by atoms with van der Waals surface area (Å²) in [5, 5.41) is 3.26. The molecule has 0 saturated carbocycles. The van der Waals surface area contributed by atoms with Crippen molar-refractivity contribution < 1.29 is 13.2 Å². The first-order chi connectivity index (χ1) is 8.40. The molecule has 1 fully saturated rings. The summed E-state index contributed by atoms with van der Waals surface area (Å²) < 4.78 is 23.9. The van der Waals surface area contributed by atoms with Crippen LogP contribution in [-0.2, 0) is 9.84 Å². The Morgan fingerprint density at radius 3 is 2.67 bits per heavy atom. The molecule has 1 aromatic rings. The normalized spacial score (nSPS) is 16.9. The van der Waals surface area contributed by atoms with Gasteiger partial charge in [0.25, 0.3) is 5.91 Å². The zero-order valence-electron chi connectivity index (χ0n) is 10.5. The van der Waals surface area contributed by atoms with E-state index in [9.17, 15) is 13.2 Å². The minimum atomic E-state index is -3.05. The highest BCUT2D eigenvalue weighted by molar-refractivity contribution is 7.92. The fourth-order valence-electron chi connectivity index (χ4n) is 2.00. The van der Waals surface area contributed by atoms with Gasteiger partial charge in [-0.3, -0.25) is 4.79 Å². The van der Waals surface area contributed by atoms with Crippen LogP contribution in [0, 0.1) is 5.92 Å². The molecule has 1 saturated heterocycles. The first-order valence-electron chi connectivity index (χ1n) is 5.93. The topological polar surface area (TPSA) is 54.5 Å². The highest BCUT2D eigenvalue weighted by Gasteiger charge is 2.39. The number of carbonyl (C=O) groups is 1. The summed E-state index contributed by atoms with van der Waals surface area (Å²) in [6, 6.07) is 1.77. The fourth-order valence-corrected chi connectivity index (χ4v) is 4.65. The lowest BCUT2D eigenvalue weighted by atomic mass is 10.2. The van der Waals surface area contributed by atoms with E-state index in [0.717, 1.165) is 0 Å². The Morgan fingerprint density at radius 2 is 2.17 bits per heavy atom. The van der Waals surface area contributed by atoms with Gasteiger partial charge in [0.15, 0.2) is 9.84 Å². The number of carbonyl (C=O) groups excluding carboxylic acids is 1. The molecular weight excluding hydrogens is 270 g/mol. The van der Waals surface area contributed by atoms with Gasteiger partial charge in [0.2, 0.25) is 0 Å². The molecule has 6 heteroatoms. The highest BCUT2D eigenvalue weighted by atomic mass is 32.2. The summed E-state index contributed by atoms with van der Waals surface area (Å²) in [5.74, 6) is 0.280. The molecule has 100 valence electrons. The maximum Gasteiger partial charge on any atom is 0.254 e. The second-order valence-electron chi connectivity index (χ2n) is 5.07. The lowest BCUT2D eigenvalue weighted by molar-refractivity contribution is 0.0659. The molecule has 0 bridgehead atoms. The predicted octanol–water partition coefficient (Wildman–Crippen LogP) is 1.64. The van der Waals surface area contributed by atoms with Crippen molar-refractivity contribution in [3.63, 3.8) is 0 Å². The first-order valence-corrected chi connectivity index (χ1v) is 8.59. The Balaban J connectivity index is 1.93. The molecule has 1 aromatic heterocycles. The first kappa shape index (κ1) is 13.5. The number of likely N-dealkylation sites (tertiary alicyclic amines) is 1. The molecule has 2 rings (SSSR count). The number of rotatable bonds is 4. The molecule has 1 aliphatic rings. The van der Waals surface area contributed by atoms with E-state index in [-0.39, 0.29) is 22.8 Å². The van der Waals surface area contributed by atoms with Gasteiger partial charge < -0.3 is 4.90 Å². The van der Waals surface area contributed by atoms with E-state index in [1.165, 1.54) is 11.3 Å². The average molecular weight is 287 g/mol. The van der Waals surface area contributed by atoms with E-state index in [2.05, 4.69) is 0 Å². The zero-order valence-corrected chi connectivity index (χ0v) is 12.1. The Labute approximate surface area is 112 Å². The minimum absolute atomic E-state index is 0.0627. The van der Waals surface area contributed by atoms with Crippen molar-refractivity contribution in [1.82, 2.24) is 4.90 Å². The molecule has 1 amide bonds. The Bertz CT molecular complexity index is 514. The lowest BCUT2D eigenvalue weighted by Gasteiger charge is -2.38. The monoisotopic (exact) mass is 287 g/mol. The summed E-state index contributed by atoms with van der Waals surface area (Å²) in [6.45, 7) is 4.46. The molecule has 4 nitrogen and oxygen atoms in total. The minimum Gasteiger partial charge on any atom is -0.336 e. The van der Waals surface area contributed by atoms with Gasteiger partial charge in [0.05, 0.1) is 16.6 Å². The third-order valence-electron chi connectivity index (χ3n) is 2.98. The number of hydrogen-bond acceptors (Lipinski definition) is 4. The van der Waals surface area contributed by atoms with Crippen LogP contribution in [0.25, 0.3) is 0 Å². The van der Waals surface area contributed by atoms with Gasteiger partial charge in [-0.2, -0.15) is 11.3 Å². The van der Waals surface area contributed by atoms with Crippen LogP contribution in [0.4, 0.5) is 0 Å². The van der Waals surface area contributed by atoms with Crippen LogP contribution >= 0.6 is 11.3 Å². The molecule has 0 aromatic carbocycles. The number of nitrogens with zero attached hydrogens (tertiary/aromatic N) is 1. The summed E-state index contributed by atoms with van der Waals surface area (Å²) >= 11 is 1.47. The average Bonchev–Trinajstić information content (AvgIpc) is 2.63. The van der Waals surface area contributed by atoms with E-state index in [1.54, 1.807) is 16.3 Å². The van der Waals surface area contributed by atoms with Crippen molar-refractivity contribution in [2.45, 2.75) is 19.1 Å². The van der Waals surface area contributed by atoms with Crippen molar-refractivity contribution in [2.75, 3.05) is 18.8 Å². The molecule has 0 aliphatic carbocycles. The van der Waals surface area contributed by atoms with Gasteiger partial charge >= 0.3 is 0 Å². The van der Waals surface area contributed by atoms with Crippen LogP contribution in [0.15, 0.2) is 16.8 Å². The highest BCUT2D eigenvalue weighted by Crippen LogP contribution is 2.22. The van der Waals surface area contributed by atoms with Crippen molar-refractivity contribution in [1.29, 1.82) is 0 Å². The van der Waals surface area contributed by atoms with Crippen LogP contribution in [-0.4, -0.2) is 43.3 Å². The van der Waals surface area contributed by atoms with Crippen LogP contribution in [0.3, 0.4) is 0 Å². The Kier molecular flexibility index (Phi) is 3.77. The van der Waals surface area contributed by atoms with E-state index < -0.39 is 9.84 Å². The molecule has 0 unspecified atom stereocenters. The zero-order chi connectivity index (χ0) is 13.3. The molecule has 18 heavy (non-hydrogen) atoms. The second kappa shape index (κ2) is 5.01. The maximum atomic E-state index is 11.9. The van der Waals surface area contributed by atoms with E-state index >= 15 is 0 Å². The largest absolute Gasteiger partial charge is 0.336 e. The molecule has 2 heterocycles. The maximum absolute atomic E-state index is 11.9. The van der Waals surface area contributed by atoms with Crippen molar-refractivity contribution >= 4 is 27.1 Å². The molecule has 0 spiro atoms. The van der Waals surface area contributed by atoms with Crippen molar-refractivity contribution in [2.24, 2.45) is 5.92 Å². The molecule has 0 radical (unpaired) electrons. The number of amides is 1. The van der Waals surface area contributed by atoms with Gasteiger partial charge in [-0.1, -0.05) is 13.8 Å². The fraction of sp³-hybridized carbons (Fsp3) is 0.583. The number of hydrogen-bond donors (Lipinski definition) is 0. The number of thiophene rings is 1. The van der Waals surface area contributed by atoms with Crippen molar-refractivity contribution in [3.05, 3.63) is 22.4 Å². The van der Waals surface area contributed by atoms with E-state index in [1.807, 2.05) is 19.2 Å². The van der Waals surface area contributed by atoms with Gasteiger partial charge in [-0.15, -0.1) is 0 Å². The van der Waals surface area contributed by atoms with Gasteiger partial charge in [0, 0.05) is 18.5 Å². The molecular formula is C12H17NO3S2. The summed E-state index contributed by atoms with van der Waals surface area (Å²) in [6.07, 6.45) is 0. The van der Waals surface area contributed by atoms with E-state index in [0.29, 0.717) is 18.7 Å². The van der Waals surface area contributed by atoms with Crippen LogP contribution in [0.5, 0.6) is 0 Å². The third kappa shape index (κ3) is 2.75. The molecule has 1 aliphatic heterocycles. The molecule has 0 atom stereocenters. The summed E-state index contributed by atoms with van der Waals surface area (Å²) in [4.78, 5) is 13.5. The third-order valence-corrected chi connectivity index (χ3v) is 6.11. The van der Waals surface area contributed by atoms with Gasteiger partial charge in [-0.05, 0) is 17.4 Å². The van der Waals surface area contributed by atoms with Gasteiger partial charge in [0.1, 0.15) is 0 Å². The number of sulfone groups is 1. The van der Waals surface area contributed by atoms with Crippen LogP contribution < -0.4 is 0 Å². The van der Waals surface area contributed by atoms with Crippen LogP contribution in [0.2, 0.25) is 0 Å². The Hall–Kier alpha value is -0.880. The SMILES string of the molecule is CC(C)CS(=O)(=O)C1CN(C(=O)c2ccsc2)C1. The summed E-state index contributed by atoms with van der Waals surface area (Å²) in [7, 11) is -3.05.